The quantitative estimate of drug-likeness (QED) is 0.545. The van der Waals surface area contributed by atoms with E-state index in [-0.39, 0.29) is 21.6 Å². The number of nitrogens with zero attached hydrogens (tertiary/aromatic N) is 2. The lowest BCUT2D eigenvalue weighted by Crippen LogP contribution is -2.53. The molecule has 0 bridgehead atoms. The Kier molecular flexibility index (Phi) is 5.75. The number of pyridine rings is 1. The van der Waals surface area contributed by atoms with Gasteiger partial charge in [0.15, 0.2) is 0 Å². The van der Waals surface area contributed by atoms with Crippen molar-refractivity contribution in [3.63, 3.8) is 0 Å². The first-order valence-electron chi connectivity index (χ1n) is 7.40. The van der Waals surface area contributed by atoms with Gasteiger partial charge in [-0.15, -0.1) is 23.5 Å². The molecule has 1 saturated heterocycles. The summed E-state index contributed by atoms with van der Waals surface area (Å²) >= 11 is 4.97. The summed E-state index contributed by atoms with van der Waals surface area (Å²) < 4.78 is -0.0482. The van der Waals surface area contributed by atoms with Crippen molar-refractivity contribution in [3.05, 3.63) is 35.8 Å². The number of nitrogens with two attached hydrogens (primary N) is 1. The van der Waals surface area contributed by atoms with Crippen LogP contribution in [-0.4, -0.2) is 49.1 Å². The van der Waals surface area contributed by atoms with Crippen LogP contribution in [0.1, 0.15) is 12.0 Å². The van der Waals surface area contributed by atoms with E-state index in [9.17, 15) is 14.7 Å². The second kappa shape index (κ2) is 7.81. The molecule has 9 heteroatoms. The number of carboxylic acid groups (broad SMARTS) is 1. The molecule has 1 fully saturated rings. The molecule has 0 radical (unpaired) electrons. The molecule has 6 nitrogen and oxygen atoms in total. The fourth-order valence-corrected chi connectivity index (χ4v) is 6.21. The van der Waals surface area contributed by atoms with Crippen LogP contribution in [-0.2, 0) is 15.3 Å². The summed E-state index contributed by atoms with van der Waals surface area (Å²) in [5, 5.41) is 9.28. The molecular formula is C15H17N3O3S3. The fraction of sp³-hybridized carbons (Fsp3) is 0.400. The molecule has 1 unspecified atom stereocenters. The van der Waals surface area contributed by atoms with Gasteiger partial charge in [-0.05, 0) is 17.7 Å². The minimum absolute atomic E-state index is 0.0482. The smallest absolute Gasteiger partial charge is 0.352 e. The van der Waals surface area contributed by atoms with E-state index in [1.165, 1.54) is 10.5 Å². The van der Waals surface area contributed by atoms with E-state index >= 15 is 0 Å². The Morgan fingerprint density at radius 3 is 3.08 bits per heavy atom. The van der Waals surface area contributed by atoms with Gasteiger partial charge in [-0.2, -0.15) is 11.8 Å². The Balaban J connectivity index is 1.75. The maximum Gasteiger partial charge on any atom is 0.352 e. The Morgan fingerprint density at radius 1 is 1.54 bits per heavy atom. The highest BCUT2D eigenvalue weighted by molar-refractivity contribution is 8.17. The van der Waals surface area contributed by atoms with Crippen molar-refractivity contribution in [2.45, 2.75) is 27.0 Å². The number of hydrogen-bond donors (Lipinski definition) is 2. The second-order valence-corrected chi connectivity index (χ2v) is 9.14. The molecule has 2 atom stereocenters. The van der Waals surface area contributed by atoms with E-state index in [0.717, 1.165) is 16.4 Å². The first kappa shape index (κ1) is 17.7. The Hall–Kier alpha value is -1.16. The third-order valence-corrected chi connectivity index (χ3v) is 7.35. The van der Waals surface area contributed by atoms with Crippen molar-refractivity contribution in [2.75, 3.05) is 12.3 Å². The molecule has 3 heterocycles. The van der Waals surface area contributed by atoms with Crippen LogP contribution in [0, 0.1) is 0 Å². The zero-order valence-electron chi connectivity index (χ0n) is 12.8. The molecule has 3 rings (SSSR count). The molecule has 1 aromatic rings. The van der Waals surface area contributed by atoms with E-state index in [4.69, 9.17) is 5.73 Å². The summed E-state index contributed by atoms with van der Waals surface area (Å²) in [6, 6.07) is 1.99. The number of rotatable bonds is 7. The maximum absolute atomic E-state index is 11.6. The fourth-order valence-electron chi connectivity index (χ4n) is 2.45. The summed E-state index contributed by atoms with van der Waals surface area (Å²) in [7, 11) is 0. The average Bonchev–Trinajstić information content (AvgIpc) is 2.55. The normalized spacial score (nSPS) is 22.6. The molecule has 24 heavy (non-hydrogen) atoms. The molecule has 1 amide bonds. The van der Waals surface area contributed by atoms with Gasteiger partial charge in [-0.25, -0.2) is 4.79 Å². The topological polar surface area (TPSA) is 96.5 Å². The second-order valence-electron chi connectivity index (χ2n) is 5.23. The van der Waals surface area contributed by atoms with Crippen LogP contribution in [0.4, 0.5) is 0 Å². The number of thioether (sulfide) groups is 3. The SMILES string of the molecule is NCCSCc1ccncc1SC1C=C(C(=O)O)N2C(=O)C[C@H]2S1. The molecule has 3 N–H and O–H groups in total. The Bertz CT molecular complexity index is 683. The van der Waals surface area contributed by atoms with Crippen molar-refractivity contribution in [1.29, 1.82) is 0 Å². The highest BCUT2D eigenvalue weighted by Crippen LogP contribution is 2.46. The highest BCUT2D eigenvalue weighted by Gasteiger charge is 2.45. The van der Waals surface area contributed by atoms with Gasteiger partial charge in [0.05, 0.1) is 16.4 Å². The third-order valence-electron chi connectivity index (χ3n) is 3.60. The monoisotopic (exact) mass is 383 g/mol. The van der Waals surface area contributed by atoms with Gasteiger partial charge in [-0.3, -0.25) is 14.7 Å². The lowest BCUT2D eigenvalue weighted by Gasteiger charge is -2.44. The van der Waals surface area contributed by atoms with Crippen LogP contribution in [0.25, 0.3) is 0 Å². The van der Waals surface area contributed by atoms with E-state index in [1.54, 1.807) is 47.6 Å². The summed E-state index contributed by atoms with van der Waals surface area (Å²) in [6.45, 7) is 0.646. The van der Waals surface area contributed by atoms with Crippen LogP contribution < -0.4 is 5.73 Å². The van der Waals surface area contributed by atoms with Crippen LogP contribution >= 0.6 is 35.3 Å². The van der Waals surface area contributed by atoms with Gasteiger partial charge < -0.3 is 10.8 Å². The van der Waals surface area contributed by atoms with Gasteiger partial charge in [0.2, 0.25) is 5.91 Å². The maximum atomic E-state index is 11.6. The predicted octanol–water partition coefficient (Wildman–Crippen LogP) is 1.97. The first-order valence-corrected chi connectivity index (χ1v) is 10.4. The van der Waals surface area contributed by atoms with E-state index in [1.807, 2.05) is 12.3 Å². The lowest BCUT2D eigenvalue weighted by atomic mass is 10.1. The Morgan fingerprint density at radius 2 is 2.38 bits per heavy atom. The molecule has 2 aliphatic rings. The van der Waals surface area contributed by atoms with E-state index in [2.05, 4.69) is 4.98 Å². The van der Waals surface area contributed by atoms with Crippen LogP contribution in [0.2, 0.25) is 0 Å². The van der Waals surface area contributed by atoms with Gasteiger partial charge >= 0.3 is 5.97 Å². The average molecular weight is 384 g/mol. The minimum Gasteiger partial charge on any atom is -0.477 e. The molecule has 0 saturated carbocycles. The number of β-lactam (4-membered cyclic amide) rings is 1. The zero-order chi connectivity index (χ0) is 17.1. The molecule has 0 aliphatic carbocycles. The minimum atomic E-state index is -1.05. The first-order chi connectivity index (χ1) is 11.6. The van der Waals surface area contributed by atoms with E-state index < -0.39 is 5.97 Å². The van der Waals surface area contributed by atoms with Gasteiger partial charge in [-0.1, -0.05) is 0 Å². The van der Waals surface area contributed by atoms with Gasteiger partial charge in [0.1, 0.15) is 5.70 Å². The summed E-state index contributed by atoms with van der Waals surface area (Å²) in [6.07, 6.45) is 5.64. The standard InChI is InChI=1S/C15H17N3O3S3/c16-2-4-22-8-9-1-3-17-7-11(9)23-14-5-10(15(20)21)18-12(19)6-13(18)24-14/h1,3,5,7,13-14H,2,4,6,8,16H2,(H,20,21)/t13-,14?/m1/s1. The van der Waals surface area contributed by atoms with E-state index in [0.29, 0.717) is 13.0 Å². The lowest BCUT2D eigenvalue weighted by molar-refractivity contribution is -0.146. The largest absolute Gasteiger partial charge is 0.477 e. The van der Waals surface area contributed by atoms with Crippen LogP contribution in [0.15, 0.2) is 35.1 Å². The number of carbonyl (C=O) groups is 2. The number of fused-ring (bicyclic) bond motifs is 1. The predicted molar refractivity (Wildman–Crippen MR) is 97.7 cm³/mol. The van der Waals surface area contributed by atoms with Gasteiger partial charge in [0.25, 0.3) is 0 Å². The van der Waals surface area contributed by atoms with Crippen molar-refractivity contribution in [1.82, 2.24) is 9.88 Å². The molecule has 1 aromatic heterocycles. The number of amides is 1. The Labute approximate surface area is 152 Å². The number of carboxylic acids is 1. The van der Waals surface area contributed by atoms with Crippen molar-refractivity contribution < 1.29 is 14.7 Å². The van der Waals surface area contributed by atoms with Crippen LogP contribution in [0.5, 0.6) is 0 Å². The molecule has 2 aliphatic heterocycles. The molecule has 0 spiro atoms. The van der Waals surface area contributed by atoms with Gasteiger partial charge in [0, 0.05) is 35.3 Å². The number of hydrogen-bond acceptors (Lipinski definition) is 7. The van der Waals surface area contributed by atoms with Crippen molar-refractivity contribution in [3.8, 4) is 0 Å². The molecule has 128 valence electrons. The van der Waals surface area contributed by atoms with Crippen molar-refractivity contribution in [2.24, 2.45) is 5.73 Å². The summed E-state index contributed by atoms with van der Waals surface area (Å²) in [5.41, 5.74) is 6.80. The van der Waals surface area contributed by atoms with Crippen molar-refractivity contribution >= 4 is 47.2 Å². The molecular weight excluding hydrogens is 366 g/mol. The number of aliphatic carboxylic acids is 1. The summed E-state index contributed by atoms with van der Waals surface area (Å²) in [4.78, 5) is 29.7. The molecule has 0 aromatic carbocycles. The zero-order valence-corrected chi connectivity index (χ0v) is 15.2. The number of aromatic nitrogens is 1. The van der Waals surface area contributed by atoms with Crippen LogP contribution in [0.3, 0.4) is 0 Å². The third kappa shape index (κ3) is 3.74. The highest BCUT2D eigenvalue weighted by atomic mass is 32.2. The summed E-state index contributed by atoms with van der Waals surface area (Å²) in [5.74, 6) is 0.573. The number of carbonyl (C=O) groups excluding carboxylic acids is 1.